The molecule has 0 unspecified atom stereocenters. The van der Waals surface area contributed by atoms with E-state index >= 15 is 0 Å². The second-order valence-corrected chi connectivity index (χ2v) is 9.49. The smallest absolute Gasteiger partial charge is 0.291 e. The first-order valence-electron chi connectivity index (χ1n) is 12.0. The average molecular weight is 541 g/mol. The van der Waals surface area contributed by atoms with Crippen LogP contribution in [0.2, 0.25) is 0 Å². The molecule has 2 heterocycles. The minimum atomic E-state index is -0.394. The van der Waals surface area contributed by atoms with Gasteiger partial charge in [-0.25, -0.2) is 4.98 Å². The fourth-order valence-electron chi connectivity index (χ4n) is 3.94. The quantitative estimate of drug-likeness (QED) is 0.203. The Kier molecular flexibility index (Phi) is 7.46. The number of hydrogen-bond acceptors (Lipinski definition) is 7. The number of carbonyl (C=O) groups is 2. The number of ether oxygens (including phenoxy) is 1. The molecule has 0 aliphatic carbocycles. The summed E-state index contributed by atoms with van der Waals surface area (Å²) in [7, 11) is 1.56. The molecule has 0 fully saturated rings. The number of nitrogens with zero attached hydrogens (tertiary/aromatic N) is 2. The van der Waals surface area contributed by atoms with Gasteiger partial charge in [0.05, 0.1) is 35.7 Å². The summed E-state index contributed by atoms with van der Waals surface area (Å²) >= 11 is 1.15. The monoisotopic (exact) mass is 540 g/mol. The van der Waals surface area contributed by atoms with Crippen molar-refractivity contribution in [3.8, 4) is 11.4 Å². The van der Waals surface area contributed by atoms with Crippen molar-refractivity contribution in [2.45, 2.75) is 12.1 Å². The Morgan fingerprint density at radius 2 is 1.85 bits per heavy atom. The Balaban J connectivity index is 1.37. The fourth-order valence-corrected chi connectivity index (χ4v) is 4.75. The number of amides is 2. The number of benzene rings is 3. The number of aromatic nitrogens is 2. The summed E-state index contributed by atoms with van der Waals surface area (Å²) in [5.41, 5.74) is 2.76. The topological polar surface area (TPSA) is 115 Å². The summed E-state index contributed by atoms with van der Waals surface area (Å²) in [5, 5.41) is 6.49. The van der Waals surface area contributed by atoms with E-state index in [1.165, 1.54) is 10.8 Å². The summed E-state index contributed by atoms with van der Waals surface area (Å²) in [6.07, 6.45) is 1.42. The van der Waals surface area contributed by atoms with Crippen LogP contribution >= 0.6 is 11.8 Å². The van der Waals surface area contributed by atoms with E-state index in [0.717, 1.165) is 17.3 Å². The minimum absolute atomic E-state index is 0.00281. The number of carbonyl (C=O) groups excluding carboxylic acids is 2. The van der Waals surface area contributed by atoms with Gasteiger partial charge >= 0.3 is 0 Å². The van der Waals surface area contributed by atoms with Crippen LogP contribution in [-0.4, -0.2) is 34.2 Å². The van der Waals surface area contributed by atoms with Crippen molar-refractivity contribution in [1.29, 1.82) is 0 Å². The van der Waals surface area contributed by atoms with Crippen LogP contribution in [0.15, 0.2) is 99.5 Å². The minimum Gasteiger partial charge on any atom is -0.497 e. The molecule has 9 nitrogen and oxygen atoms in total. The van der Waals surface area contributed by atoms with Crippen molar-refractivity contribution in [2.75, 3.05) is 23.5 Å². The third-order valence-corrected chi connectivity index (χ3v) is 6.84. The first-order valence-corrected chi connectivity index (χ1v) is 13.0. The molecule has 2 amide bonds. The molecule has 0 aliphatic rings. The molecule has 2 N–H and O–H groups in total. The number of methoxy groups -OCH3 is 1. The molecule has 196 valence electrons. The highest BCUT2D eigenvalue weighted by molar-refractivity contribution is 7.99. The highest BCUT2D eigenvalue weighted by Gasteiger charge is 2.16. The number of rotatable bonds is 8. The molecule has 0 spiro atoms. The predicted molar refractivity (Wildman–Crippen MR) is 151 cm³/mol. The van der Waals surface area contributed by atoms with Gasteiger partial charge in [0.25, 0.3) is 11.5 Å². The van der Waals surface area contributed by atoms with Crippen LogP contribution < -0.4 is 20.9 Å². The first-order chi connectivity index (χ1) is 18.9. The molecular formula is C29H24N4O5S. The molecule has 0 bridgehead atoms. The van der Waals surface area contributed by atoms with E-state index in [1.807, 2.05) is 13.0 Å². The van der Waals surface area contributed by atoms with Crippen molar-refractivity contribution >= 4 is 45.9 Å². The van der Waals surface area contributed by atoms with E-state index in [-0.39, 0.29) is 23.0 Å². The van der Waals surface area contributed by atoms with Crippen LogP contribution in [0.25, 0.3) is 16.6 Å². The highest BCUT2D eigenvalue weighted by atomic mass is 32.2. The van der Waals surface area contributed by atoms with Crippen LogP contribution in [0, 0.1) is 6.92 Å². The maximum absolute atomic E-state index is 13.5. The number of thioether (sulfide) groups is 1. The lowest BCUT2D eigenvalue weighted by Crippen LogP contribution is -2.23. The van der Waals surface area contributed by atoms with E-state index in [9.17, 15) is 14.4 Å². The van der Waals surface area contributed by atoms with Crippen molar-refractivity contribution < 1.29 is 18.7 Å². The maximum atomic E-state index is 13.5. The number of aryl methyl sites for hydroxylation is 1. The third kappa shape index (κ3) is 5.70. The average Bonchev–Trinajstić information content (AvgIpc) is 3.49. The summed E-state index contributed by atoms with van der Waals surface area (Å²) in [6, 6.07) is 22.6. The Morgan fingerprint density at radius 3 is 2.64 bits per heavy atom. The van der Waals surface area contributed by atoms with Crippen LogP contribution in [0.5, 0.6) is 5.75 Å². The number of fused-ring (bicyclic) bond motifs is 1. The Bertz CT molecular complexity index is 1730. The molecule has 0 atom stereocenters. The van der Waals surface area contributed by atoms with Gasteiger partial charge in [0.1, 0.15) is 5.75 Å². The number of anilines is 2. The van der Waals surface area contributed by atoms with Gasteiger partial charge < -0.3 is 19.8 Å². The van der Waals surface area contributed by atoms with E-state index in [1.54, 1.807) is 79.9 Å². The van der Waals surface area contributed by atoms with Crippen LogP contribution in [0.1, 0.15) is 16.1 Å². The normalized spacial score (nSPS) is 10.8. The summed E-state index contributed by atoms with van der Waals surface area (Å²) in [6.45, 7) is 1.85. The second kappa shape index (κ2) is 11.3. The zero-order valence-corrected chi connectivity index (χ0v) is 22.0. The number of nitrogens with one attached hydrogen (secondary N) is 2. The maximum Gasteiger partial charge on any atom is 0.291 e. The molecule has 0 saturated heterocycles. The molecule has 0 aliphatic heterocycles. The van der Waals surface area contributed by atoms with Crippen LogP contribution in [0.4, 0.5) is 11.4 Å². The van der Waals surface area contributed by atoms with Crippen LogP contribution in [0.3, 0.4) is 0 Å². The van der Waals surface area contributed by atoms with Gasteiger partial charge in [0.15, 0.2) is 10.9 Å². The zero-order valence-electron chi connectivity index (χ0n) is 21.1. The predicted octanol–water partition coefficient (Wildman–Crippen LogP) is 5.28. The third-order valence-electron chi connectivity index (χ3n) is 5.90. The van der Waals surface area contributed by atoms with Crippen molar-refractivity contribution in [1.82, 2.24) is 9.55 Å². The fraction of sp³-hybridized carbons (Fsp3) is 0.103. The SMILES string of the molecule is COc1cccc(-n2c(SCC(=O)Nc3cc(NC(=O)c4ccco4)ccc3C)nc3ccccc3c2=O)c1. The van der Waals surface area contributed by atoms with E-state index in [2.05, 4.69) is 15.6 Å². The molecule has 39 heavy (non-hydrogen) atoms. The van der Waals surface area contributed by atoms with E-state index in [4.69, 9.17) is 9.15 Å². The second-order valence-electron chi connectivity index (χ2n) is 8.55. The summed E-state index contributed by atoms with van der Waals surface area (Å²) in [5.74, 6) is 0.0852. The first kappa shape index (κ1) is 25.8. The number of furan rings is 1. The summed E-state index contributed by atoms with van der Waals surface area (Å²) < 4.78 is 11.9. The van der Waals surface area contributed by atoms with Gasteiger partial charge in [-0.15, -0.1) is 0 Å². The highest BCUT2D eigenvalue weighted by Crippen LogP contribution is 2.25. The van der Waals surface area contributed by atoms with E-state index in [0.29, 0.717) is 38.9 Å². The van der Waals surface area contributed by atoms with E-state index < -0.39 is 5.91 Å². The van der Waals surface area contributed by atoms with Crippen molar-refractivity contribution in [3.05, 3.63) is 107 Å². The van der Waals surface area contributed by atoms with Crippen LogP contribution in [-0.2, 0) is 4.79 Å². The summed E-state index contributed by atoms with van der Waals surface area (Å²) in [4.78, 5) is 43.5. The van der Waals surface area contributed by atoms with Gasteiger partial charge in [-0.2, -0.15) is 0 Å². The number of hydrogen-bond donors (Lipinski definition) is 2. The Labute approximate surface area is 227 Å². The van der Waals surface area contributed by atoms with Gasteiger partial charge in [-0.1, -0.05) is 36.0 Å². The molecular weight excluding hydrogens is 516 g/mol. The van der Waals surface area contributed by atoms with Gasteiger partial charge in [0.2, 0.25) is 5.91 Å². The molecule has 5 rings (SSSR count). The van der Waals surface area contributed by atoms with Gasteiger partial charge in [-0.3, -0.25) is 19.0 Å². The Hall–Kier alpha value is -4.83. The van der Waals surface area contributed by atoms with Crippen molar-refractivity contribution in [3.63, 3.8) is 0 Å². The Morgan fingerprint density at radius 1 is 1.00 bits per heavy atom. The molecule has 3 aromatic carbocycles. The molecule has 10 heteroatoms. The lowest BCUT2D eigenvalue weighted by atomic mass is 10.1. The van der Waals surface area contributed by atoms with Crippen molar-refractivity contribution in [2.24, 2.45) is 0 Å². The van der Waals surface area contributed by atoms with Gasteiger partial charge in [-0.05, 0) is 61.0 Å². The lowest BCUT2D eigenvalue weighted by Gasteiger charge is -2.14. The molecule has 2 aromatic heterocycles. The number of para-hydroxylation sites is 1. The molecule has 0 saturated carbocycles. The standard InChI is InChI=1S/C29H24N4O5S/c1-18-12-13-19(30-27(35)25-11-6-14-38-25)15-24(18)31-26(34)17-39-29-32-23-10-4-3-9-22(23)28(36)33(29)20-7-5-8-21(16-20)37-2/h3-16H,17H2,1-2H3,(H,30,35)(H,31,34). The lowest BCUT2D eigenvalue weighted by molar-refractivity contribution is -0.113. The van der Waals surface area contributed by atoms with Gasteiger partial charge in [0, 0.05) is 17.4 Å². The molecule has 5 aromatic rings. The zero-order chi connectivity index (χ0) is 27.4. The largest absolute Gasteiger partial charge is 0.497 e. The molecule has 0 radical (unpaired) electrons.